The molecule has 1 aromatic rings. The predicted molar refractivity (Wildman–Crippen MR) is 79.0 cm³/mol. The first-order valence-electron chi connectivity index (χ1n) is 6.52. The molecule has 1 fully saturated rings. The quantitative estimate of drug-likeness (QED) is 0.843. The van der Waals surface area contributed by atoms with Crippen molar-refractivity contribution in [2.24, 2.45) is 5.92 Å². The van der Waals surface area contributed by atoms with Crippen LogP contribution in [0.3, 0.4) is 0 Å². The van der Waals surface area contributed by atoms with E-state index in [9.17, 15) is 0 Å². The van der Waals surface area contributed by atoms with Crippen LogP contribution in [0.4, 0.5) is 5.95 Å². The van der Waals surface area contributed by atoms with E-state index in [1.54, 1.807) is 0 Å². The largest absolute Gasteiger partial charge is 0.351 e. The number of aromatic nitrogens is 2. The van der Waals surface area contributed by atoms with Crippen LogP contribution >= 0.6 is 22.6 Å². The van der Waals surface area contributed by atoms with Crippen LogP contribution in [0.15, 0.2) is 12.4 Å². The Hall–Kier alpha value is -0.390. The lowest BCUT2D eigenvalue weighted by Gasteiger charge is -2.28. The van der Waals surface area contributed by atoms with E-state index < -0.39 is 0 Å². The summed E-state index contributed by atoms with van der Waals surface area (Å²) in [6, 6.07) is 0.572. The van der Waals surface area contributed by atoms with Crippen molar-refractivity contribution in [3.63, 3.8) is 0 Å². The Kier molecular flexibility index (Phi) is 5.00. The van der Waals surface area contributed by atoms with E-state index in [2.05, 4.69) is 44.8 Å². The molecule has 1 aliphatic carbocycles. The van der Waals surface area contributed by atoms with Gasteiger partial charge in [0.2, 0.25) is 5.95 Å². The van der Waals surface area contributed by atoms with Gasteiger partial charge in [-0.1, -0.05) is 19.8 Å². The fraction of sp³-hybridized carbons (Fsp3) is 0.692. The van der Waals surface area contributed by atoms with Gasteiger partial charge in [0.05, 0.1) is 0 Å². The van der Waals surface area contributed by atoms with Gasteiger partial charge >= 0.3 is 0 Å². The van der Waals surface area contributed by atoms with E-state index in [-0.39, 0.29) is 0 Å². The zero-order valence-corrected chi connectivity index (χ0v) is 12.5. The van der Waals surface area contributed by atoms with Crippen LogP contribution in [-0.4, -0.2) is 16.0 Å². The normalized spacial score (nSPS) is 24.6. The third-order valence-corrected chi connectivity index (χ3v) is 4.05. The second-order valence-corrected chi connectivity index (χ2v) is 6.12. The van der Waals surface area contributed by atoms with Crippen LogP contribution in [0.1, 0.15) is 45.4 Å². The van der Waals surface area contributed by atoms with Gasteiger partial charge in [0.25, 0.3) is 0 Å². The molecular formula is C13H20IN3. The van der Waals surface area contributed by atoms with E-state index in [1.807, 2.05) is 12.4 Å². The second kappa shape index (κ2) is 6.52. The molecule has 0 aromatic carbocycles. The third-order valence-electron chi connectivity index (χ3n) is 3.50. The van der Waals surface area contributed by atoms with Crippen molar-refractivity contribution in [2.75, 3.05) is 5.32 Å². The van der Waals surface area contributed by atoms with Crippen LogP contribution in [0, 0.1) is 9.49 Å². The van der Waals surface area contributed by atoms with E-state index >= 15 is 0 Å². The first-order chi connectivity index (χ1) is 8.28. The molecule has 1 aromatic heterocycles. The zero-order valence-electron chi connectivity index (χ0n) is 10.3. The van der Waals surface area contributed by atoms with Gasteiger partial charge in [-0.25, -0.2) is 9.97 Å². The van der Waals surface area contributed by atoms with Gasteiger partial charge in [0.15, 0.2) is 0 Å². The number of hydrogen-bond acceptors (Lipinski definition) is 3. The number of nitrogens with zero attached hydrogens (tertiary/aromatic N) is 2. The minimum atomic E-state index is 0.572. The lowest BCUT2D eigenvalue weighted by molar-refractivity contribution is 0.318. The lowest BCUT2D eigenvalue weighted by atomic mass is 9.83. The topological polar surface area (TPSA) is 37.8 Å². The summed E-state index contributed by atoms with van der Waals surface area (Å²) in [7, 11) is 0. The van der Waals surface area contributed by atoms with Gasteiger partial charge in [-0.2, -0.15) is 0 Å². The van der Waals surface area contributed by atoms with Crippen LogP contribution in [0.2, 0.25) is 0 Å². The number of halogens is 1. The number of nitrogens with one attached hydrogen (secondary N) is 1. The molecule has 0 radical (unpaired) electrons. The highest BCUT2D eigenvalue weighted by atomic mass is 127. The number of rotatable bonds is 4. The minimum Gasteiger partial charge on any atom is -0.351 e. The van der Waals surface area contributed by atoms with Crippen molar-refractivity contribution in [3.8, 4) is 0 Å². The van der Waals surface area contributed by atoms with Gasteiger partial charge in [-0.3, -0.25) is 0 Å². The monoisotopic (exact) mass is 345 g/mol. The smallest absolute Gasteiger partial charge is 0.222 e. The molecule has 1 saturated carbocycles. The average Bonchev–Trinajstić information content (AvgIpc) is 2.35. The highest BCUT2D eigenvalue weighted by Crippen LogP contribution is 2.28. The van der Waals surface area contributed by atoms with Gasteiger partial charge in [0.1, 0.15) is 0 Å². The Labute approximate surface area is 117 Å². The van der Waals surface area contributed by atoms with E-state index in [0.717, 1.165) is 15.4 Å². The van der Waals surface area contributed by atoms with Crippen molar-refractivity contribution < 1.29 is 0 Å². The van der Waals surface area contributed by atoms with Crippen LogP contribution in [-0.2, 0) is 0 Å². The molecule has 0 aliphatic heterocycles. The molecule has 0 bridgehead atoms. The van der Waals surface area contributed by atoms with Crippen LogP contribution in [0.5, 0.6) is 0 Å². The molecule has 0 atom stereocenters. The molecule has 17 heavy (non-hydrogen) atoms. The van der Waals surface area contributed by atoms with E-state index in [0.29, 0.717) is 6.04 Å². The molecule has 1 heterocycles. The van der Waals surface area contributed by atoms with Crippen LogP contribution in [0.25, 0.3) is 0 Å². The SMILES string of the molecule is CCCC1CCC(Nc2ncc(I)cn2)CC1. The first-order valence-corrected chi connectivity index (χ1v) is 7.60. The fourth-order valence-electron chi connectivity index (χ4n) is 2.57. The maximum absolute atomic E-state index is 4.30. The van der Waals surface area contributed by atoms with Crippen molar-refractivity contribution in [3.05, 3.63) is 16.0 Å². The van der Waals surface area contributed by atoms with Crippen molar-refractivity contribution in [1.82, 2.24) is 9.97 Å². The van der Waals surface area contributed by atoms with Gasteiger partial charge in [-0.05, 0) is 54.2 Å². The summed E-state index contributed by atoms with van der Waals surface area (Å²) in [6.07, 6.45) is 11.7. The molecule has 2 rings (SSSR count). The third kappa shape index (κ3) is 4.08. The van der Waals surface area contributed by atoms with Crippen molar-refractivity contribution in [2.45, 2.75) is 51.5 Å². The fourth-order valence-corrected chi connectivity index (χ4v) is 2.85. The molecule has 4 heteroatoms. The van der Waals surface area contributed by atoms with E-state index in [4.69, 9.17) is 0 Å². The highest BCUT2D eigenvalue weighted by molar-refractivity contribution is 14.1. The summed E-state index contributed by atoms with van der Waals surface area (Å²) in [4.78, 5) is 8.60. The Morgan fingerprint density at radius 1 is 1.24 bits per heavy atom. The summed E-state index contributed by atoms with van der Waals surface area (Å²) in [5, 5.41) is 3.45. The zero-order chi connectivity index (χ0) is 12.1. The maximum atomic E-state index is 4.30. The molecule has 3 nitrogen and oxygen atoms in total. The van der Waals surface area contributed by atoms with Crippen molar-refractivity contribution in [1.29, 1.82) is 0 Å². The van der Waals surface area contributed by atoms with Gasteiger partial charge in [0, 0.05) is 22.0 Å². The minimum absolute atomic E-state index is 0.572. The Morgan fingerprint density at radius 3 is 2.47 bits per heavy atom. The predicted octanol–water partition coefficient (Wildman–Crippen LogP) is 3.85. The molecule has 94 valence electrons. The molecule has 0 saturated heterocycles. The van der Waals surface area contributed by atoms with Crippen LogP contribution < -0.4 is 5.32 Å². The molecule has 1 N–H and O–H groups in total. The second-order valence-electron chi connectivity index (χ2n) is 4.88. The summed E-state index contributed by atoms with van der Waals surface area (Å²) >= 11 is 2.23. The molecule has 0 amide bonds. The standard InChI is InChI=1S/C13H20IN3/c1-2-3-10-4-6-12(7-5-10)17-13-15-8-11(14)9-16-13/h8-10,12H,2-7H2,1H3,(H,15,16,17). The summed E-state index contributed by atoms with van der Waals surface area (Å²) in [5.74, 6) is 1.74. The van der Waals surface area contributed by atoms with E-state index in [1.165, 1.54) is 38.5 Å². The van der Waals surface area contributed by atoms with Gasteiger partial charge in [-0.15, -0.1) is 0 Å². The first kappa shape index (κ1) is 13.1. The highest BCUT2D eigenvalue weighted by Gasteiger charge is 2.20. The summed E-state index contributed by atoms with van der Waals surface area (Å²) in [6.45, 7) is 2.28. The molecular weight excluding hydrogens is 325 g/mol. The number of hydrogen-bond donors (Lipinski definition) is 1. The Morgan fingerprint density at radius 2 is 1.88 bits per heavy atom. The van der Waals surface area contributed by atoms with Gasteiger partial charge < -0.3 is 5.32 Å². The molecule has 0 unspecified atom stereocenters. The Bertz CT molecular complexity index is 331. The number of anilines is 1. The Balaban J connectivity index is 1.79. The average molecular weight is 345 g/mol. The van der Waals surface area contributed by atoms with Crippen molar-refractivity contribution >= 4 is 28.5 Å². The maximum Gasteiger partial charge on any atom is 0.222 e. The summed E-state index contributed by atoms with van der Waals surface area (Å²) < 4.78 is 1.08. The summed E-state index contributed by atoms with van der Waals surface area (Å²) in [5.41, 5.74) is 0. The lowest BCUT2D eigenvalue weighted by Crippen LogP contribution is -2.26. The molecule has 1 aliphatic rings. The molecule has 0 spiro atoms.